The lowest BCUT2D eigenvalue weighted by Gasteiger charge is -2.15. The molecule has 29 heavy (non-hydrogen) atoms. The summed E-state index contributed by atoms with van der Waals surface area (Å²) in [6.45, 7) is 2.64. The normalized spacial score (nSPS) is 14.4. The van der Waals surface area contributed by atoms with Gasteiger partial charge < -0.3 is 14.8 Å². The van der Waals surface area contributed by atoms with Crippen LogP contribution >= 0.6 is 0 Å². The molecule has 1 saturated heterocycles. The number of ether oxygens (including phenoxy) is 2. The van der Waals surface area contributed by atoms with Gasteiger partial charge in [-0.2, -0.15) is 4.98 Å². The molecule has 1 unspecified atom stereocenters. The van der Waals surface area contributed by atoms with Crippen LogP contribution in [0.2, 0.25) is 0 Å². The van der Waals surface area contributed by atoms with Crippen molar-refractivity contribution in [2.24, 2.45) is 0 Å². The van der Waals surface area contributed by atoms with Crippen LogP contribution < -0.4 is 15.0 Å². The maximum Gasteiger partial charge on any atom is 0.415 e. The summed E-state index contributed by atoms with van der Waals surface area (Å²) >= 11 is 0. The van der Waals surface area contributed by atoms with Crippen LogP contribution in [0.1, 0.15) is 18.8 Å². The molecular weight excluding hydrogens is 379 g/mol. The SMILES string of the molecule is CC(Nc1nccc(N2CCOC2=O)n1)c1ncc(Oc2ccc(F)cc2)cn1. The molecule has 1 amide bonds. The second-order valence-electron chi connectivity index (χ2n) is 6.20. The summed E-state index contributed by atoms with van der Waals surface area (Å²) in [6.07, 6.45) is 4.19. The number of aromatic nitrogens is 4. The lowest BCUT2D eigenvalue weighted by molar-refractivity contribution is 0.181. The smallest absolute Gasteiger partial charge is 0.415 e. The Morgan fingerprint density at radius 2 is 1.90 bits per heavy atom. The van der Waals surface area contributed by atoms with Crippen molar-refractivity contribution in [1.29, 1.82) is 0 Å². The number of hydrogen-bond acceptors (Lipinski definition) is 8. The largest absolute Gasteiger partial charge is 0.454 e. The minimum absolute atomic E-state index is 0.296. The number of nitrogens with zero attached hydrogens (tertiary/aromatic N) is 5. The molecule has 1 atom stereocenters. The molecule has 1 aromatic carbocycles. The fourth-order valence-corrected chi connectivity index (χ4v) is 2.67. The molecular formula is C19H17FN6O3. The van der Waals surface area contributed by atoms with Crippen LogP contribution in [0.25, 0.3) is 0 Å². The first-order chi connectivity index (χ1) is 14.1. The predicted octanol–water partition coefficient (Wildman–Crippen LogP) is 3.33. The summed E-state index contributed by atoms with van der Waals surface area (Å²) in [5, 5.41) is 3.10. The number of amides is 1. The number of benzene rings is 1. The number of rotatable bonds is 6. The van der Waals surface area contributed by atoms with Gasteiger partial charge in [0.25, 0.3) is 0 Å². The van der Waals surface area contributed by atoms with Crippen molar-refractivity contribution in [3.63, 3.8) is 0 Å². The molecule has 9 nitrogen and oxygen atoms in total. The van der Waals surface area contributed by atoms with Crippen molar-refractivity contribution in [3.8, 4) is 11.5 Å². The molecule has 0 saturated carbocycles. The van der Waals surface area contributed by atoms with Crippen molar-refractivity contribution in [3.05, 3.63) is 60.6 Å². The van der Waals surface area contributed by atoms with E-state index in [9.17, 15) is 9.18 Å². The Balaban J connectivity index is 1.41. The summed E-state index contributed by atoms with van der Waals surface area (Å²) in [5.74, 6) is 1.88. The lowest BCUT2D eigenvalue weighted by Crippen LogP contribution is -2.25. The number of cyclic esters (lactones) is 1. The minimum atomic E-state index is -0.428. The van der Waals surface area contributed by atoms with E-state index in [2.05, 4.69) is 25.3 Å². The molecule has 4 rings (SSSR count). The summed E-state index contributed by atoms with van der Waals surface area (Å²) < 4.78 is 23.5. The third kappa shape index (κ3) is 4.37. The van der Waals surface area contributed by atoms with Gasteiger partial charge in [0, 0.05) is 6.20 Å². The van der Waals surface area contributed by atoms with E-state index in [1.807, 2.05) is 6.92 Å². The third-order valence-electron chi connectivity index (χ3n) is 4.11. The van der Waals surface area contributed by atoms with Crippen LogP contribution in [0.4, 0.5) is 21.0 Å². The zero-order valence-electron chi connectivity index (χ0n) is 15.4. The van der Waals surface area contributed by atoms with Gasteiger partial charge in [0.1, 0.15) is 24.0 Å². The topological polar surface area (TPSA) is 102 Å². The van der Waals surface area contributed by atoms with E-state index in [0.29, 0.717) is 42.2 Å². The molecule has 0 bridgehead atoms. The lowest BCUT2D eigenvalue weighted by atomic mass is 10.3. The van der Waals surface area contributed by atoms with Gasteiger partial charge in [-0.25, -0.2) is 24.1 Å². The van der Waals surface area contributed by atoms with E-state index in [4.69, 9.17) is 9.47 Å². The van der Waals surface area contributed by atoms with E-state index < -0.39 is 6.09 Å². The maximum absolute atomic E-state index is 13.0. The van der Waals surface area contributed by atoms with Crippen LogP contribution in [0.15, 0.2) is 48.9 Å². The monoisotopic (exact) mass is 396 g/mol. The van der Waals surface area contributed by atoms with Gasteiger partial charge in [0.05, 0.1) is 25.0 Å². The first-order valence-corrected chi connectivity index (χ1v) is 8.88. The van der Waals surface area contributed by atoms with Crippen LogP contribution in [0.5, 0.6) is 11.5 Å². The van der Waals surface area contributed by atoms with Gasteiger partial charge in [-0.05, 0) is 37.3 Å². The third-order valence-corrected chi connectivity index (χ3v) is 4.11. The van der Waals surface area contributed by atoms with E-state index in [-0.39, 0.29) is 11.9 Å². The second-order valence-corrected chi connectivity index (χ2v) is 6.20. The van der Waals surface area contributed by atoms with Crippen molar-refractivity contribution >= 4 is 17.9 Å². The Labute approximate surface area is 165 Å². The van der Waals surface area contributed by atoms with E-state index in [1.54, 1.807) is 12.3 Å². The molecule has 148 valence electrons. The molecule has 2 aromatic heterocycles. The maximum atomic E-state index is 13.0. The number of carbonyl (C=O) groups excluding carboxylic acids is 1. The van der Waals surface area contributed by atoms with E-state index >= 15 is 0 Å². The highest BCUT2D eigenvalue weighted by atomic mass is 19.1. The van der Waals surface area contributed by atoms with Crippen LogP contribution in [0.3, 0.4) is 0 Å². The second kappa shape index (κ2) is 8.05. The van der Waals surface area contributed by atoms with Gasteiger partial charge in [0.2, 0.25) is 5.95 Å². The van der Waals surface area contributed by atoms with Crippen LogP contribution in [0, 0.1) is 5.82 Å². The number of nitrogens with one attached hydrogen (secondary N) is 1. The summed E-state index contributed by atoms with van der Waals surface area (Å²) in [7, 11) is 0. The number of anilines is 2. The molecule has 1 aliphatic heterocycles. The Hall–Kier alpha value is -3.82. The molecule has 0 spiro atoms. The van der Waals surface area contributed by atoms with Gasteiger partial charge in [-0.1, -0.05) is 0 Å². The van der Waals surface area contributed by atoms with Crippen molar-refractivity contribution in [2.75, 3.05) is 23.4 Å². The Morgan fingerprint density at radius 1 is 1.14 bits per heavy atom. The van der Waals surface area contributed by atoms with Crippen molar-refractivity contribution in [2.45, 2.75) is 13.0 Å². The first-order valence-electron chi connectivity index (χ1n) is 8.88. The highest BCUT2D eigenvalue weighted by Gasteiger charge is 2.25. The quantitative estimate of drug-likeness (QED) is 0.677. The molecule has 0 radical (unpaired) electrons. The summed E-state index contributed by atoms with van der Waals surface area (Å²) in [5.41, 5.74) is 0. The van der Waals surface area contributed by atoms with Crippen molar-refractivity contribution < 1.29 is 18.7 Å². The summed E-state index contributed by atoms with van der Waals surface area (Å²) in [6, 6.07) is 7.01. The molecule has 0 aliphatic carbocycles. The fourth-order valence-electron chi connectivity index (χ4n) is 2.67. The minimum Gasteiger partial charge on any atom is -0.454 e. The van der Waals surface area contributed by atoms with Crippen molar-refractivity contribution in [1.82, 2.24) is 19.9 Å². The van der Waals surface area contributed by atoms with Gasteiger partial charge in [-0.15, -0.1) is 0 Å². The fraction of sp³-hybridized carbons (Fsp3) is 0.211. The molecule has 1 fully saturated rings. The zero-order chi connectivity index (χ0) is 20.2. The predicted molar refractivity (Wildman–Crippen MR) is 101 cm³/mol. The first kappa shape index (κ1) is 18.5. The molecule has 3 aromatic rings. The molecule has 3 heterocycles. The van der Waals surface area contributed by atoms with Crippen LogP contribution in [-0.4, -0.2) is 39.2 Å². The number of halogens is 1. The molecule has 1 aliphatic rings. The Morgan fingerprint density at radius 3 is 2.59 bits per heavy atom. The van der Waals surface area contributed by atoms with Gasteiger partial charge in [0.15, 0.2) is 11.6 Å². The average Bonchev–Trinajstić information content (AvgIpc) is 3.16. The van der Waals surface area contributed by atoms with E-state index in [1.165, 1.54) is 41.6 Å². The zero-order valence-corrected chi connectivity index (χ0v) is 15.4. The van der Waals surface area contributed by atoms with Gasteiger partial charge >= 0.3 is 6.09 Å². The highest BCUT2D eigenvalue weighted by Crippen LogP contribution is 2.22. The number of hydrogen-bond donors (Lipinski definition) is 1. The Bertz CT molecular complexity index is 1000. The molecule has 10 heteroatoms. The van der Waals surface area contributed by atoms with Crippen LogP contribution in [-0.2, 0) is 4.74 Å². The summed E-state index contributed by atoms with van der Waals surface area (Å²) in [4.78, 5) is 30.2. The molecule has 1 N–H and O–H groups in total. The average molecular weight is 396 g/mol. The van der Waals surface area contributed by atoms with E-state index in [0.717, 1.165) is 0 Å². The number of carbonyl (C=O) groups is 1. The van der Waals surface area contributed by atoms with Gasteiger partial charge in [-0.3, -0.25) is 4.90 Å². The Kier molecular flexibility index (Phi) is 5.14. The highest BCUT2D eigenvalue weighted by molar-refractivity contribution is 5.88. The standard InChI is InChI=1S/C19H17FN6O3/c1-12(24-18-21-7-6-16(25-18)26-8-9-28-19(26)27)17-22-10-15(11-23-17)29-14-4-2-13(20)3-5-14/h2-7,10-12H,8-9H2,1H3,(H,21,24,25).